The summed E-state index contributed by atoms with van der Waals surface area (Å²) in [5.74, 6) is 0. The predicted molar refractivity (Wildman–Crippen MR) is 58.1 cm³/mol. The second kappa shape index (κ2) is 5.10. The largest absolute Gasteiger partial charge is 0.385 e. The van der Waals surface area contributed by atoms with Gasteiger partial charge in [-0.15, -0.1) is 11.3 Å². The van der Waals surface area contributed by atoms with E-state index in [0.29, 0.717) is 6.61 Å². The van der Waals surface area contributed by atoms with Crippen LogP contribution in [0, 0.1) is 0 Å². The molecule has 2 unspecified atom stereocenters. The summed E-state index contributed by atoms with van der Waals surface area (Å²) < 4.78 is 6.27. The van der Waals surface area contributed by atoms with Crippen LogP contribution in [0.1, 0.15) is 24.8 Å². The Morgan fingerprint density at radius 1 is 1.69 bits per heavy atom. The molecular weight excluding hydrogens is 252 g/mol. The summed E-state index contributed by atoms with van der Waals surface area (Å²) in [6.45, 7) is 4.42. The third-order valence-corrected chi connectivity index (χ3v) is 3.73. The van der Waals surface area contributed by atoms with E-state index in [-0.39, 0.29) is 6.10 Å². The highest BCUT2D eigenvalue weighted by Crippen LogP contribution is 2.31. The van der Waals surface area contributed by atoms with Crippen LogP contribution in [-0.4, -0.2) is 17.8 Å². The number of aliphatic hydroxyl groups excluding tert-OH is 1. The summed E-state index contributed by atoms with van der Waals surface area (Å²) in [5.41, 5.74) is 0. The van der Waals surface area contributed by atoms with Crippen molar-refractivity contribution in [3.8, 4) is 0 Å². The maximum absolute atomic E-state index is 9.85. The lowest BCUT2D eigenvalue weighted by Crippen LogP contribution is -2.17. The minimum atomic E-state index is -0.533. The first kappa shape index (κ1) is 11.2. The van der Waals surface area contributed by atoms with E-state index in [2.05, 4.69) is 15.9 Å². The van der Waals surface area contributed by atoms with Crippen LogP contribution in [0.15, 0.2) is 15.9 Å². The van der Waals surface area contributed by atoms with E-state index < -0.39 is 6.10 Å². The number of aliphatic hydroxyl groups is 1. The zero-order valence-corrected chi connectivity index (χ0v) is 10.1. The molecule has 1 heterocycles. The lowest BCUT2D eigenvalue weighted by atomic mass is 10.2. The molecule has 0 bridgehead atoms. The van der Waals surface area contributed by atoms with Crippen LogP contribution >= 0.6 is 27.3 Å². The van der Waals surface area contributed by atoms with Crippen molar-refractivity contribution >= 4 is 27.3 Å². The van der Waals surface area contributed by atoms with E-state index in [4.69, 9.17) is 4.74 Å². The number of rotatable bonds is 4. The first-order chi connectivity index (χ1) is 6.16. The van der Waals surface area contributed by atoms with Crippen LogP contribution in [0.3, 0.4) is 0 Å². The molecule has 0 spiro atoms. The highest BCUT2D eigenvalue weighted by atomic mass is 79.9. The van der Waals surface area contributed by atoms with E-state index in [1.54, 1.807) is 0 Å². The second-order valence-electron chi connectivity index (χ2n) is 2.74. The van der Waals surface area contributed by atoms with E-state index in [1.807, 2.05) is 25.3 Å². The van der Waals surface area contributed by atoms with Gasteiger partial charge in [-0.1, -0.05) is 0 Å². The van der Waals surface area contributed by atoms with Gasteiger partial charge in [-0.05, 0) is 41.2 Å². The van der Waals surface area contributed by atoms with E-state index in [9.17, 15) is 5.11 Å². The molecule has 0 aliphatic rings. The SMILES string of the molecule is CCOC(C)C(O)c1sccc1Br. The van der Waals surface area contributed by atoms with Crippen molar-refractivity contribution < 1.29 is 9.84 Å². The summed E-state index contributed by atoms with van der Waals surface area (Å²) in [7, 11) is 0. The summed E-state index contributed by atoms with van der Waals surface area (Å²) in [6.07, 6.45) is -0.686. The second-order valence-corrected chi connectivity index (χ2v) is 4.54. The molecule has 0 fully saturated rings. The maximum Gasteiger partial charge on any atom is 0.115 e. The summed E-state index contributed by atoms with van der Waals surface area (Å²) in [5, 5.41) is 11.8. The Labute approximate surface area is 90.7 Å². The first-order valence-electron chi connectivity index (χ1n) is 4.19. The van der Waals surface area contributed by atoms with Gasteiger partial charge in [0.15, 0.2) is 0 Å². The summed E-state index contributed by atoms with van der Waals surface area (Å²) >= 11 is 4.92. The zero-order valence-electron chi connectivity index (χ0n) is 7.66. The topological polar surface area (TPSA) is 29.5 Å². The number of halogens is 1. The molecule has 74 valence electrons. The van der Waals surface area contributed by atoms with Crippen molar-refractivity contribution in [2.24, 2.45) is 0 Å². The van der Waals surface area contributed by atoms with E-state index in [1.165, 1.54) is 11.3 Å². The molecule has 2 atom stereocenters. The van der Waals surface area contributed by atoms with Gasteiger partial charge in [0.25, 0.3) is 0 Å². The Balaban J connectivity index is 2.67. The molecule has 0 amide bonds. The molecular formula is C9H13BrO2S. The molecule has 1 aromatic rings. The Bertz CT molecular complexity index is 262. The molecule has 1 aromatic heterocycles. The highest BCUT2D eigenvalue weighted by molar-refractivity contribution is 9.10. The van der Waals surface area contributed by atoms with Crippen molar-refractivity contribution in [3.63, 3.8) is 0 Å². The van der Waals surface area contributed by atoms with Gasteiger partial charge in [-0.2, -0.15) is 0 Å². The van der Waals surface area contributed by atoms with Gasteiger partial charge >= 0.3 is 0 Å². The van der Waals surface area contributed by atoms with Gasteiger partial charge in [0, 0.05) is 16.0 Å². The van der Waals surface area contributed by atoms with Gasteiger partial charge in [-0.25, -0.2) is 0 Å². The number of ether oxygens (including phenoxy) is 1. The van der Waals surface area contributed by atoms with E-state index in [0.717, 1.165) is 9.35 Å². The molecule has 4 heteroatoms. The predicted octanol–water partition coefficient (Wildman–Crippen LogP) is 2.97. The fraction of sp³-hybridized carbons (Fsp3) is 0.556. The quantitative estimate of drug-likeness (QED) is 0.906. The van der Waals surface area contributed by atoms with Crippen LogP contribution in [0.4, 0.5) is 0 Å². The number of hydrogen-bond donors (Lipinski definition) is 1. The van der Waals surface area contributed by atoms with Crippen LogP contribution < -0.4 is 0 Å². The first-order valence-corrected chi connectivity index (χ1v) is 5.86. The fourth-order valence-corrected chi connectivity index (χ4v) is 2.77. The fourth-order valence-electron chi connectivity index (χ4n) is 1.08. The maximum atomic E-state index is 9.85. The number of hydrogen-bond acceptors (Lipinski definition) is 3. The smallest absolute Gasteiger partial charge is 0.115 e. The van der Waals surface area contributed by atoms with Crippen LogP contribution in [0.5, 0.6) is 0 Å². The lowest BCUT2D eigenvalue weighted by molar-refractivity contribution is -0.0214. The van der Waals surface area contributed by atoms with Crippen molar-refractivity contribution in [1.29, 1.82) is 0 Å². The average Bonchev–Trinajstić information content (AvgIpc) is 2.50. The van der Waals surface area contributed by atoms with Crippen LogP contribution in [0.2, 0.25) is 0 Å². The van der Waals surface area contributed by atoms with Gasteiger partial charge in [-0.3, -0.25) is 0 Å². The van der Waals surface area contributed by atoms with Crippen molar-refractivity contribution in [2.45, 2.75) is 26.1 Å². The Hall–Kier alpha value is 0.100. The molecule has 0 saturated carbocycles. The molecule has 0 aromatic carbocycles. The highest BCUT2D eigenvalue weighted by Gasteiger charge is 2.19. The van der Waals surface area contributed by atoms with Gasteiger partial charge in [0.2, 0.25) is 0 Å². The number of thiophene rings is 1. The average molecular weight is 265 g/mol. The third-order valence-electron chi connectivity index (χ3n) is 1.79. The molecule has 2 nitrogen and oxygen atoms in total. The lowest BCUT2D eigenvalue weighted by Gasteiger charge is -2.17. The minimum Gasteiger partial charge on any atom is -0.385 e. The molecule has 1 N–H and O–H groups in total. The van der Waals surface area contributed by atoms with Crippen LogP contribution in [0.25, 0.3) is 0 Å². The minimum absolute atomic E-state index is 0.153. The normalized spacial score (nSPS) is 15.7. The third kappa shape index (κ3) is 2.77. The Morgan fingerprint density at radius 2 is 2.38 bits per heavy atom. The van der Waals surface area contributed by atoms with Crippen molar-refractivity contribution in [2.75, 3.05) is 6.61 Å². The van der Waals surface area contributed by atoms with Gasteiger partial charge in [0.05, 0.1) is 6.10 Å². The van der Waals surface area contributed by atoms with Gasteiger partial charge < -0.3 is 9.84 Å². The zero-order chi connectivity index (χ0) is 9.84. The summed E-state index contributed by atoms with van der Waals surface area (Å²) in [4.78, 5) is 0.931. The Morgan fingerprint density at radius 3 is 2.85 bits per heavy atom. The van der Waals surface area contributed by atoms with Crippen molar-refractivity contribution in [1.82, 2.24) is 0 Å². The molecule has 0 aliphatic heterocycles. The van der Waals surface area contributed by atoms with Crippen LogP contribution in [-0.2, 0) is 4.74 Å². The molecule has 0 aliphatic carbocycles. The van der Waals surface area contributed by atoms with Crippen molar-refractivity contribution in [3.05, 3.63) is 20.8 Å². The molecule has 0 saturated heterocycles. The molecule has 1 rings (SSSR count). The molecule has 0 radical (unpaired) electrons. The monoisotopic (exact) mass is 264 g/mol. The van der Waals surface area contributed by atoms with E-state index >= 15 is 0 Å². The molecule has 13 heavy (non-hydrogen) atoms. The summed E-state index contributed by atoms with van der Waals surface area (Å²) in [6, 6.07) is 1.93. The Kier molecular flexibility index (Phi) is 4.38. The van der Waals surface area contributed by atoms with Gasteiger partial charge in [0.1, 0.15) is 6.10 Å². The standard InChI is InChI=1S/C9H13BrO2S/c1-3-12-6(2)8(11)9-7(10)4-5-13-9/h4-6,8,11H,3H2,1-2H3.